The molecule has 0 aromatic heterocycles. The number of hydrogen-bond donors (Lipinski definition) is 1. The van der Waals surface area contributed by atoms with Crippen LogP contribution in [0, 0.1) is 0 Å². The fourth-order valence-corrected chi connectivity index (χ4v) is 1.24. The van der Waals surface area contributed by atoms with Crippen LogP contribution in [-0.2, 0) is 4.74 Å². The Kier molecular flexibility index (Phi) is 5.94. The van der Waals surface area contributed by atoms with E-state index in [0.717, 1.165) is 5.56 Å². The predicted octanol–water partition coefficient (Wildman–Crippen LogP) is 1.95. The van der Waals surface area contributed by atoms with Crippen LogP contribution in [0.5, 0.6) is 11.5 Å². The fraction of sp³-hybridized carbons (Fsp3) is 0.231. The van der Waals surface area contributed by atoms with Crippen LogP contribution in [0.1, 0.15) is 5.56 Å². The van der Waals surface area contributed by atoms with E-state index in [1.54, 1.807) is 31.4 Å². The zero-order valence-electron chi connectivity index (χ0n) is 10.9. The van der Waals surface area contributed by atoms with Crippen LogP contribution in [0.15, 0.2) is 36.0 Å². The van der Waals surface area contributed by atoms with Crippen molar-refractivity contribution in [2.75, 3.05) is 20.8 Å². The van der Waals surface area contributed by atoms with E-state index in [-0.39, 0.29) is 0 Å². The zero-order chi connectivity index (χ0) is 14.1. The summed E-state index contributed by atoms with van der Waals surface area (Å²) in [7, 11) is 2.81. The summed E-state index contributed by atoms with van der Waals surface area (Å²) in [5, 5.41) is 3.72. The number of hydrogen-bond acceptors (Lipinski definition) is 5. The lowest BCUT2D eigenvalue weighted by Gasteiger charge is -2.09. The van der Waals surface area contributed by atoms with Crippen molar-refractivity contribution in [1.29, 1.82) is 0 Å². The molecule has 102 valence electrons. The first-order valence-corrected chi connectivity index (χ1v) is 5.50. The highest BCUT2D eigenvalue weighted by atomic mass is 16.5. The summed E-state index contributed by atoms with van der Waals surface area (Å²) in [5.74, 6) is 1.18. The molecule has 0 aliphatic carbocycles. The molecule has 0 saturated heterocycles. The summed E-state index contributed by atoms with van der Waals surface area (Å²) in [6.07, 6.45) is 2.49. The topological polar surface area (TPSA) is 69.2 Å². The van der Waals surface area contributed by atoms with Crippen LogP contribution in [0.25, 0.3) is 0 Å². The van der Waals surface area contributed by atoms with Crippen LogP contribution in [0.4, 0.5) is 4.79 Å². The zero-order valence-corrected chi connectivity index (χ0v) is 10.9. The Hall–Kier alpha value is -2.50. The van der Waals surface area contributed by atoms with Gasteiger partial charge in [-0.15, -0.1) is 0 Å². The maximum atomic E-state index is 10.8. The van der Waals surface area contributed by atoms with Gasteiger partial charge in [0.1, 0.15) is 6.61 Å². The fourth-order valence-electron chi connectivity index (χ4n) is 1.24. The number of amides is 1. The molecule has 0 saturated carbocycles. The van der Waals surface area contributed by atoms with E-state index in [0.29, 0.717) is 18.1 Å². The summed E-state index contributed by atoms with van der Waals surface area (Å²) < 4.78 is 15.0. The van der Waals surface area contributed by atoms with Crippen molar-refractivity contribution in [3.63, 3.8) is 0 Å². The smallest absolute Gasteiger partial charge is 0.427 e. The Labute approximate surface area is 111 Å². The number of carbonyl (C=O) groups excluding carboxylic acids is 1. The van der Waals surface area contributed by atoms with Gasteiger partial charge in [-0.05, 0) is 23.8 Å². The normalized spacial score (nSPS) is 10.0. The SMILES string of the molecule is C=CCOc1ccc(/C=N\NC(=O)OC)cc1OC. The third-order valence-electron chi connectivity index (χ3n) is 2.10. The largest absolute Gasteiger partial charge is 0.493 e. The average Bonchev–Trinajstić information content (AvgIpc) is 2.45. The molecule has 0 aliphatic heterocycles. The molecule has 6 heteroatoms. The van der Waals surface area contributed by atoms with E-state index in [4.69, 9.17) is 9.47 Å². The Morgan fingerprint density at radius 3 is 2.84 bits per heavy atom. The maximum absolute atomic E-state index is 10.8. The van der Waals surface area contributed by atoms with E-state index >= 15 is 0 Å². The predicted molar refractivity (Wildman–Crippen MR) is 71.8 cm³/mol. The van der Waals surface area contributed by atoms with Crippen LogP contribution in [-0.4, -0.2) is 33.1 Å². The summed E-state index contributed by atoms with van der Waals surface area (Å²) in [6.45, 7) is 3.97. The van der Waals surface area contributed by atoms with Gasteiger partial charge in [0.05, 0.1) is 20.4 Å². The second-order valence-corrected chi connectivity index (χ2v) is 3.37. The van der Waals surface area contributed by atoms with Crippen LogP contribution < -0.4 is 14.9 Å². The first-order valence-electron chi connectivity index (χ1n) is 5.50. The summed E-state index contributed by atoms with van der Waals surface area (Å²) >= 11 is 0. The van der Waals surface area contributed by atoms with Crippen molar-refractivity contribution in [1.82, 2.24) is 5.43 Å². The lowest BCUT2D eigenvalue weighted by Crippen LogP contribution is -2.16. The molecule has 0 atom stereocenters. The minimum absolute atomic E-state index is 0.397. The number of nitrogens with zero attached hydrogens (tertiary/aromatic N) is 1. The molecule has 1 aromatic rings. The van der Waals surface area contributed by atoms with Crippen LogP contribution >= 0.6 is 0 Å². The molecule has 19 heavy (non-hydrogen) atoms. The first-order chi connectivity index (χ1) is 9.21. The van der Waals surface area contributed by atoms with Crippen LogP contribution in [0.2, 0.25) is 0 Å². The van der Waals surface area contributed by atoms with Crippen molar-refractivity contribution >= 4 is 12.3 Å². The standard InChI is InChI=1S/C13H16N2O4/c1-4-7-19-11-6-5-10(8-12(11)17-2)9-14-15-13(16)18-3/h4-6,8-9H,1,7H2,2-3H3,(H,15,16)/b14-9-. The quantitative estimate of drug-likeness (QED) is 0.484. The van der Waals surface area contributed by atoms with Gasteiger partial charge in [0.25, 0.3) is 0 Å². The van der Waals surface area contributed by atoms with Gasteiger partial charge in [0.2, 0.25) is 0 Å². The lowest BCUT2D eigenvalue weighted by molar-refractivity contribution is 0.171. The Balaban J connectivity index is 2.75. The van der Waals surface area contributed by atoms with E-state index < -0.39 is 6.09 Å². The van der Waals surface area contributed by atoms with E-state index in [2.05, 4.69) is 21.8 Å². The maximum Gasteiger partial charge on any atom is 0.427 e. The van der Waals surface area contributed by atoms with Gasteiger partial charge in [-0.25, -0.2) is 10.2 Å². The molecule has 1 rings (SSSR count). The second-order valence-electron chi connectivity index (χ2n) is 3.37. The van der Waals surface area contributed by atoms with Gasteiger partial charge in [-0.2, -0.15) is 5.10 Å². The Morgan fingerprint density at radius 1 is 1.42 bits per heavy atom. The second kappa shape index (κ2) is 7.75. The summed E-state index contributed by atoms with van der Waals surface area (Å²) in [4.78, 5) is 10.8. The molecule has 1 aromatic carbocycles. The molecule has 1 amide bonds. The molecule has 0 radical (unpaired) electrons. The van der Waals surface area contributed by atoms with Crippen molar-refractivity contribution in [3.05, 3.63) is 36.4 Å². The first kappa shape index (κ1) is 14.6. The van der Waals surface area contributed by atoms with Gasteiger partial charge in [-0.3, -0.25) is 0 Å². The third-order valence-corrected chi connectivity index (χ3v) is 2.10. The van der Waals surface area contributed by atoms with Crippen molar-refractivity contribution in [2.45, 2.75) is 0 Å². The van der Waals surface area contributed by atoms with Crippen molar-refractivity contribution in [3.8, 4) is 11.5 Å². The Bertz CT molecular complexity index is 472. The molecule has 6 nitrogen and oxygen atoms in total. The minimum atomic E-state index is -0.630. The molecular formula is C13H16N2O4. The number of methoxy groups -OCH3 is 2. The van der Waals surface area contributed by atoms with Gasteiger partial charge in [0, 0.05) is 0 Å². The monoisotopic (exact) mass is 264 g/mol. The van der Waals surface area contributed by atoms with Crippen LogP contribution in [0.3, 0.4) is 0 Å². The highest BCUT2D eigenvalue weighted by Crippen LogP contribution is 2.27. The van der Waals surface area contributed by atoms with E-state index in [9.17, 15) is 4.79 Å². The van der Waals surface area contributed by atoms with Gasteiger partial charge in [0.15, 0.2) is 11.5 Å². The van der Waals surface area contributed by atoms with E-state index in [1.165, 1.54) is 13.3 Å². The number of hydrazone groups is 1. The highest BCUT2D eigenvalue weighted by molar-refractivity contribution is 5.82. The molecule has 1 N–H and O–H groups in total. The highest BCUT2D eigenvalue weighted by Gasteiger charge is 2.04. The number of benzene rings is 1. The molecule has 0 spiro atoms. The van der Waals surface area contributed by atoms with Crippen molar-refractivity contribution < 1.29 is 19.0 Å². The summed E-state index contributed by atoms with van der Waals surface area (Å²) in [5.41, 5.74) is 2.94. The van der Waals surface area contributed by atoms with Gasteiger partial charge in [-0.1, -0.05) is 12.7 Å². The average molecular weight is 264 g/mol. The van der Waals surface area contributed by atoms with Crippen molar-refractivity contribution in [2.24, 2.45) is 5.10 Å². The van der Waals surface area contributed by atoms with Gasteiger partial charge < -0.3 is 14.2 Å². The number of carbonyl (C=O) groups is 1. The summed E-state index contributed by atoms with van der Waals surface area (Å²) in [6, 6.07) is 5.27. The molecule has 0 unspecified atom stereocenters. The third kappa shape index (κ3) is 4.71. The number of ether oxygens (including phenoxy) is 3. The molecule has 0 bridgehead atoms. The lowest BCUT2D eigenvalue weighted by atomic mass is 10.2. The number of rotatable bonds is 6. The molecule has 0 aliphatic rings. The minimum Gasteiger partial charge on any atom is -0.493 e. The molecular weight excluding hydrogens is 248 g/mol. The number of nitrogens with one attached hydrogen (secondary N) is 1. The van der Waals surface area contributed by atoms with Gasteiger partial charge >= 0.3 is 6.09 Å². The Morgan fingerprint density at radius 2 is 2.21 bits per heavy atom. The van der Waals surface area contributed by atoms with E-state index in [1.807, 2.05) is 0 Å². The molecule has 0 heterocycles. The molecule has 0 fully saturated rings.